The molecule has 114 valence electrons. The van der Waals surface area contributed by atoms with Crippen molar-refractivity contribution in [2.45, 2.75) is 0 Å². The van der Waals surface area contributed by atoms with E-state index in [4.69, 9.17) is 16.7 Å². The lowest BCUT2D eigenvalue weighted by Crippen LogP contribution is -1.99. The van der Waals surface area contributed by atoms with Gasteiger partial charge in [0.2, 0.25) is 0 Å². The molecule has 0 atom stereocenters. The van der Waals surface area contributed by atoms with Crippen molar-refractivity contribution in [1.29, 1.82) is 0 Å². The number of nitrogens with zero attached hydrogens (tertiary/aromatic N) is 1. The summed E-state index contributed by atoms with van der Waals surface area (Å²) >= 11 is 12.2. The van der Waals surface area contributed by atoms with Gasteiger partial charge < -0.3 is 10.2 Å². The van der Waals surface area contributed by atoms with Gasteiger partial charge in [0.15, 0.2) is 0 Å². The lowest BCUT2D eigenvalue weighted by molar-refractivity contribution is 0.0697. The van der Waals surface area contributed by atoms with Crippen LogP contribution < -0.4 is 5.43 Å². The minimum Gasteiger partial charge on any atom is -0.506 e. The number of hydrogen-bond acceptors (Lipinski definition) is 4. The molecule has 8 heteroatoms. The van der Waals surface area contributed by atoms with Gasteiger partial charge in [0.1, 0.15) is 5.75 Å². The van der Waals surface area contributed by atoms with Gasteiger partial charge in [-0.1, -0.05) is 11.6 Å². The molecule has 0 spiro atoms. The van der Waals surface area contributed by atoms with E-state index in [2.05, 4.69) is 42.4 Å². The van der Waals surface area contributed by atoms with Gasteiger partial charge in [-0.15, -0.1) is 0 Å². The van der Waals surface area contributed by atoms with Gasteiger partial charge in [0.05, 0.1) is 31.4 Å². The standard InChI is InChI=1S/C14H9Br2ClN2O3/c15-10-3-7(4-11(16)13(10)20)6-18-19-8-1-2-12(17)9(5-8)14(21)22/h1-6,19-20H,(H,21,22)/b18-6+. The summed E-state index contributed by atoms with van der Waals surface area (Å²) in [5.41, 5.74) is 3.95. The Bertz CT molecular complexity index is 743. The molecule has 2 rings (SSSR count). The first-order chi connectivity index (χ1) is 10.4. The number of anilines is 1. The Kier molecular flexibility index (Phi) is 5.44. The second kappa shape index (κ2) is 7.13. The molecule has 0 bridgehead atoms. The van der Waals surface area contributed by atoms with Gasteiger partial charge in [-0.25, -0.2) is 4.79 Å². The molecule has 0 fully saturated rings. The predicted octanol–water partition coefficient (Wildman–Crippen LogP) is 4.71. The van der Waals surface area contributed by atoms with Gasteiger partial charge in [-0.3, -0.25) is 5.43 Å². The predicted molar refractivity (Wildman–Crippen MR) is 93.1 cm³/mol. The molecule has 0 unspecified atom stereocenters. The van der Waals surface area contributed by atoms with Crippen molar-refractivity contribution in [1.82, 2.24) is 0 Å². The van der Waals surface area contributed by atoms with Crippen LogP contribution in [-0.4, -0.2) is 22.4 Å². The number of halogens is 3. The first-order valence-electron chi connectivity index (χ1n) is 5.88. The van der Waals surface area contributed by atoms with E-state index in [1.807, 2.05) is 0 Å². The highest BCUT2D eigenvalue weighted by Gasteiger charge is 2.09. The fraction of sp³-hybridized carbons (Fsp3) is 0. The number of carbonyl (C=O) groups is 1. The zero-order valence-electron chi connectivity index (χ0n) is 10.8. The number of carboxylic acids is 1. The van der Waals surface area contributed by atoms with Crippen molar-refractivity contribution in [2.75, 3.05) is 5.43 Å². The average Bonchev–Trinajstić information content (AvgIpc) is 2.46. The molecule has 0 aliphatic carbocycles. The van der Waals surface area contributed by atoms with E-state index in [0.29, 0.717) is 14.6 Å². The van der Waals surface area contributed by atoms with Gasteiger partial charge in [0, 0.05) is 0 Å². The normalized spacial score (nSPS) is 10.9. The van der Waals surface area contributed by atoms with Crippen molar-refractivity contribution in [3.8, 4) is 5.75 Å². The second-order valence-electron chi connectivity index (χ2n) is 4.20. The van der Waals surface area contributed by atoms with Crippen molar-refractivity contribution in [3.05, 3.63) is 55.4 Å². The largest absolute Gasteiger partial charge is 0.506 e. The van der Waals surface area contributed by atoms with Crippen LogP contribution in [0, 0.1) is 0 Å². The van der Waals surface area contributed by atoms with Crippen molar-refractivity contribution >= 4 is 61.3 Å². The fourth-order valence-electron chi connectivity index (χ4n) is 1.60. The molecule has 2 aromatic carbocycles. The summed E-state index contributed by atoms with van der Waals surface area (Å²) < 4.78 is 1.06. The van der Waals surface area contributed by atoms with Crippen LogP contribution in [-0.2, 0) is 0 Å². The Morgan fingerprint density at radius 3 is 2.45 bits per heavy atom. The molecule has 0 aliphatic heterocycles. The number of aromatic carboxylic acids is 1. The average molecular weight is 448 g/mol. The van der Waals surface area contributed by atoms with Crippen LogP contribution in [0.2, 0.25) is 5.02 Å². The second-order valence-corrected chi connectivity index (χ2v) is 6.32. The molecular weight excluding hydrogens is 439 g/mol. The lowest BCUT2D eigenvalue weighted by Gasteiger charge is -2.04. The topological polar surface area (TPSA) is 81.9 Å². The summed E-state index contributed by atoms with van der Waals surface area (Å²) in [5.74, 6) is -1.00. The quantitative estimate of drug-likeness (QED) is 0.467. The molecular formula is C14H9Br2ClN2O3. The van der Waals surface area contributed by atoms with Crippen LogP contribution in [0.4, 0.5) is 5.69 Å². The molecule has 22 heavy (non-hydrogen) atoms. The van der Waals surface area contributed by atoms with Crippen LogP contribution >= 0.6 is 43.5 Å². The van der Waals surface area contributed by atoms with Gasteiger partial charge in [-0.05, 0) is 67.8 Å². The van der Waals surface area contributed by atoms with Gasteiger partial charge in [0.25, 0.3) is 0 Å². The third-order valence-corrected chi connectivity index (χ3v) is 4.18. The minimum atomic E-state index is -1.11. The first-order valence-corrected chi connectivity index (χ1v) is 7.85. The number of aromatic hydroxyl groups is 1. The molecule has 0 aliphatic rings. The summed E-state index contributed by atoms with van der Waals surface area (Å²) in [6.07, 6.45) is 1.53. The molecule has 0 heterocycles. The molecule has 0 radical (unpaired) electrons. The highest BCUT2D eigenvalue weighted by molar-refractivity contribution is 9.11. The summed E-state index contributed by atoms with van der Waals surface area (Å²) in [5, 5.41) is 22.8. The molecule has 5 nitrogen and oxygen atoms in total. The number of hydrogen-bond donors (Lipinski definition) is 3. The molecule has 0 saturated carbocycles. The molecule has 0 saturated heterocycles. The first kappa shape index (κ1) is 16.8. The van der Waals surface area contributed by atoms with Crippen LogP contribution in [0.1, 0.15) is 15.9 Å². The number of phenolic OH excluding ortho intramolecular Hbond substituents is 1. The number of nitrogens with one attached hydrogen (secondary N) is 1. The SMILES string of the molecule is O=C(O)c1cc(N/N=C/c2cc(Br)c(O)c(Br)c2)ccc1Cl. The molecule has 2 aromatic rings. The van der Waals surface area contributed by atoms with Crippen molar-refractivity contribution in [3.63, 3.8) is 0 Å². The highest BCUT2D eigenvalue weighted by Crippen LogP contribution is 2.32. The van der Waals surface area contributed by atoms with E-state index >= 15 is 0 Å². The number of rotatable bonds is 4. The Morgan fingerprint density at radius 1 is 1.23 bits per heavy atom. The summed E-state index contributed by atoms with van der Waals surface area (Å²) in [6.45, 7) is 0. The summed E-state index contributed by atoms with van der Waals surface area (Å²) in [6, 6.07) is 7.88. The number of carboxylic acid groups (broad SMARTS) is 1. The lowest BCUT2D eigenvalue weighted by atomic mass is 10.2. The van der Waals surface area contributed by atoms with E-state index in [9.17, 15) is 9.90 Å². The van der Waals surface area contributed by atoms with Crippen molar-refractivity contribution < 1.29 is 15.0 Å². The number of hydrazone groups is 1. The van der Waals surface area contributed by atoms with Crippen LogP contribution in [0.25, 0.3) is 0 Å². The van der Waals surface area contributed by atoms with E-state index in [0.717, 1.165) is 5.56 Å². The molecule has 0 amide bonds. The van der Waals surface area contributed by atoms with E-state index in [-0.39, 0.29) is 16.3 Å². The highest BCUT2D eigenvalue weighted by atomic mass is 79.9. The summed E-state index contributed by atoms with van der Waals surface area (Å²) in [4.78, 5) is 11.0. The Labute approximate surface area is 147 Å². The van der Waals surface area contributed by atoms with Gasteiger partial charge in [-0.2, -0.15) is 5.10 Å². The zero-order chi connectivity index (χ0) is 16.3. The fourth-order valence-corrected chi connectivity index (χ4v) is 3.02. The van der Waals surface area contributed by atoms with Gasteiger partial charge >= 0.3 is 5.97 Å². The Hall–Kier alpha value is -1.57. The third-order valence-electron chi connectivity index (χ3n) is 2.64. The van der Waals surface area contributed by atoms with E-state index < -0.39 is 5.97 Å². The Morgan fingerprint density at radius 2 is 1.86 bits per heavy atom. The third kappa shape index (κ3) is 4.00. The van der Waals surface area contributed by atoms with E-state index in [1.54, 1.807) is 18.2 Å². The van der Waals surface area contributed by atoms with Crippen LogP contribution in [0.3, 0.4) is 0 Å². The minimum absolute atomic E-state index is 0.00279. The monoisotopic (exact) mass is 446 g/mol. The number of benzene rings is 2. The maximum atomic E-state index is 11.0. The molecule has 3 N–H and O–H groups in total. The smallest absolute Gasteiger partial charge is 0.337 e. The molecule has 0 aromatic heterocycles. The maximum absolute atomic E-state index is 11.0. The van der Waals surface area contributed by atoms with Crippen LogP contribution in [0.15, 0.2) is 44.4 Å². The number of phenols is 1. The Balaban J connectivity index is 2.16. The summed E-state index contributed by atoms with van der Waals surface area (Å²) in [7, 11) is 0. The van der Waals surface area contributed by atoms with Crippen molar-refractivity contribution in [2.24, 2.45) is 5.10 Å². The zero-order valence-corrected chi connectivity index (χ0v) is 14.8. The van der Waals surface area contributed by atoms with E-state index in [1.165, 1.54) is 18.3 Å². The van der Waals surface area contributed by atoms with Crippen LogP contribution in [0.5, 0.6) is 5.75 Å². The maximum Gasteiger partial charge on any atom is 0.337 e.